The number of nitrogens with zero attached hydrogens (tertiary/aromatic N) is 1. The first kappa shape index (κ1) is 25.6. The molecule has 178 valence electrons. The van der Waals surface area contributed by atoms with E-state index in [1.165, 1.54) is 42.5 Å². The number of nitrogens with one attached hydrogen (secondary N) is 2. The second-order valence-electron chi connectivity index (χ2n) is 7.64. The maximum atomic E-state index is 12.4. The number of carbonyl (C=O) groups excluding carboxylic acids is 2. The highest BCUT2D eigenvalue weighted by Gasteiger charge is 2.15. The second kappa shape index (κ2) is 11.4. The molecule has 35 heavy (non-hydrogen) atoms. The van der Waals surface area contributed by atoms with Gasteiger partial charge in [0.1, 0.15) is 17.4 Å². The number of rotatable bonds is 7. The molecule has 7 nitrogen and oxygen atoms in total. The van der Waals surface area contributed by atoms with E-state index in [1.807, 2.05) is 38.1 Å². The lowest BCUT2D eigenvalue weighted by Crippen LogP contribution is -2.21. The zero-order valence-corrected chi connectivity index (χ0v) is 20.4. The molecule has 0 unspecified atom stereocenters. The van der Waals surface area contributed by atoms with Crippen molar-refractivity contribution < 1.29 is 19.4 Å². The van der Waals surface area contributed by atoms with E-state index in [2.05, 4.69) is 10.6 Å². The van der Waals surface area contributed by atoms with Crippen LogP contribution in [0.2, 0.25) is 10.0 Å². The third kappa shape index (κ3) is 7.00. The molecule has 0 aromatic heterocycles. The highest BCUT2D eigenvalue weighted by molar-refractivity contribution is 6.37. The van der Waals surface area contributed by atoms with E-state index in [0.717, 1.165) is 11.1 Å². The molecule has 0 heterocycles. The minimum absolute atomic E-state index is 0.0494. The number of halogens is 2. The Morgan fingerprint density at radius 1 is 1.03 bits per heavy atom. The summed E-state index contributed by atoms with van der Waals surface area (Å²) in [7, 11) is 0. The number of anilines is 2. The Morgan fingerprint density at radius 2 is 1.69 bits per heavy atom. The Bertz CT molecular complexity index is 1320. The van der Waals surface area contributed by atoms with Gasteiger partial charge in [-0.1, -0.05) is 35.3 Å². The molecule has 3 aromatic carbocycles. The number of aromatic hydroxyl groups is 1. The number of benzene rings is 3. The summed E-state index contributed by atoms with van der Waals surface area (Å²) in [6, 6.07) is 16.3. The summed E-state index contributed by atoms with van der Waals surface area (Å²) in [6.45, 7) is 3.49. The molecule has 0 aliphatic carbocycles. The molecule has 0 saturated heterocycles. The summed E-state index contributed by atoms with van der Waals surface area (Å²) >= 11 is 12.6. The first-order chi connectivity index (χ1) is 16.7. The summed E-state index contributed by atoms with van der Waals surface area (Å²) in [4.78, 5) is 24.8. The van der Waals surface area contributed by atoms with Crippen LogP contribution in [0.1, 0.15) is 16.7 Å². The molecule has 0 aliphatic heterocycles. The molecule has 0 bridgehead atoms. The predicted molar refractivity (Wildman–Crippen MR) is 137 cm³/mol. The molecule has 0 spiro atoms. The first-order valence-electron chi connectivity index (χ1n) is 10.4. The highest BCUT2D eigenvalue weighted by Crippen LogP contribution is 2.35. The molecule has 0 atom stereocenters. The van der Waals surface area contributed by atoms with Crippen molar-refractivity contribution in [1.82, 2.24) is 0 Å². The van der Waals surface area contributed by atoms with Crippen LogP contribution in [0.3, 0.4) is 0 Å². The smallest absolute Gasteiger partial charge is 0.266 e. The van der Waals surface area contributed by atoms with Crippen molar-refractivity contribution in [1.29, 1.82) is 5.26 Å². The predicted octanol–water partition coefficient (Wildman–Crippen LogP) is 5.88. The Balaban J connectivity index is 1.70. The fraction of sp³-hybridized carbons (Fsp3) is 0.115. The Labute approximate surface area is 212 Å². The topological polar surface area (TPSA) is 111 Å². The van der Waals surface area contributed by atoms with Crippen LogP contribution in [0.25, 0.3) is 6.08 Å². The molecule has 2 amide bonds. The van der Waals surface area contributed by atoms with Crippen LogP contribution < -0.4 is 15.4 Å². The molecule has 9 heteroatoms. The van der Waals surface area contributed by atoms with E-state index in [-0.39, 0.29) is 39.6 Å². The lowest BCUT2D eigenvalue weighted by molar-refractivity contribution is -0.118. The van der Waals surface area contributed by atoms with Crippen molar-refractivity contribution in [2.75, 3.05) is 17.2 Å². The largest absolute Gasteiger partial charge is 0.508 e. The second-order valence-corrected chi connectivity index (χ2v) is 8.45. The van der Waals surface area contributed by atoms with Crippen LogP contribution in [0.5, 0.6) is 11.5 Å². The third-order valence-corrected chi connectivity index (χ3v) is 5.40. The van der Waals surface area contributed by atoms with Gasteiger partial charge in [0.2, 0.25) is 0 Å². The van der Waals surface area contributed by atoms with E-state index >= 15 is 0 Å². The van der Waals surface area contributed by atoms with E-state index in [9.17, 15) is 20.0 Å². The zero-order valence-electron chi connectivity index (χ0n) is 18.9. The van der Waals surface area contributed by atoms with Crippen molar-refractivity contribution in [2.45, 2.75) is 13.8 Å². The van der Waals surface area contributed by atoms with Crippen LogP contribution in [0.4, 0.5) is 11.4 Å². The van der Waals surface area contributed by atoms with E-state index in [1.54, 1.807) is 0 Å². The van der Waals surface area contributed by atoms with E-state index in [0.29, 0.717) is 16.9 Å². The van der Waals surface area contributed by atoms with Crippen LogP contribution >= 0.6 is 23.2 Å². The molecular weight excluding hydrogens is 489 g/mol. The maximum absolute atomic E-state index is 12.4. The number of aryl methyl sites for hydroxylation is 2. The van der Waals surface area contributed by atoms with Crippen molar-refractivity contribution in [2.24, 2.45) is 0 Å². The van der Waals surface area contributed by atoms with Gasteiger partial charge in [0.05, 0.1) is 10.0 Å². The quantitative estimate of drug-likeness (QED) is 0.209. The van der Waals surface area contributed by atoms with Gasteiger partial charge < -0.3 is 20.5 Å². The highest BCUT2D eigenvalue weighted by atomic mass is 35.5. The van der Waals surface area contributed by atoms with Crippen LogP contribution in [0.15, 0.2) is 60.2 Å². The zero-order chi connectivity index (χ0) is 25.5. The lowest BCUT2D eigenvalue weighted by atomic mass is 10.1. The lowest BCUT2D eigenvalue weighted by Gasteiger charge is -2.13. The van der Waals surface area contributed by atoms with E-state index < -0.39 is 5.91 Å². The molecule has 0 aliphatic rings. The molecule has 3 aromatic rings. The molecule has 0 radical (unpaired) electrons. The van der Waals surface area contributed by atoms with Crippen molar-refractivity contribution >= 4 is 52.5 Å². The fourth-order valence-corrected chi connectivity index (χ4v) is 3.67. The number of phenolic OH excluding ortho intramolecular Hbond substituents is 1. The standard InChI is InChI=1S/C26H21Cl2N3O4/c1-15-3-4-16(2)23(9-15)31-24(33)14-35-25-21(27)11-17(12-22(25)28)10-18(13-29)26(34)30-19-5-7-20(32)8-6-19/h3-12,32H,14H2,1-2H3,(H,30,34)(H,31,33)/b18-10+. The molecule has 0 saturated carbocycles. The number of amides is 2. The van der Waals surface area contributed by atoms with Gasteiger partial charge in [-0.3, -0.25) is 9.59 Å². The Kier molecular flexibility index (Phi) is 8.37. The van der Waals surface area contributed by atoms with Crippen molar-refractivity contribution in [3.63, 3.8) is 0 Å². The molecule has 3 rings (SSSR count). The molecule has 3 N–H and O–H groups in total. The van der Waals surface area contributed by atoms with Gasteiger partial charge in [-0.25, -0.2) is 0 Å². The van der Waals surface area contributed by atoms with Crippen molar-refractivity contribution in [3.8, 4) is 17.6 Å². The van der Waals surface area contributed by atoms with E-state index in [4.69, 9.17) is 27.9 Å². The van der Waals surface area contributed by atoms with Crippen LogP contribution in [-0.2, 0) is 9.59 Å². The number of hydrogen-bond donors (Lipinski definition) is 3. The van der Waals surface area contributed by atoms with Gasteiger partial charge in [-0.15, -0.1) is 0 Å². The summed E-state index contributed by atoms with van der Waals surface area (Å²) in [6.07, 6.45) is 1.32. The average Bonchev–Trinajstić information content (AvgIpc) is 2.80. The van der Waals surface area contributed by atoms with Gasteiger partial charge in [0.25, 0.3) is 11.8 Å². The normalized spacial score (nSPS) is 10.9. The minimum Gasteiger partial charge on any atom is -0.508 e. The van der Waals surface area contributed by atoms with Crippen molar-refractivity contribution in [3.05, 3.63) is 86.9 Å². The van der Waals surface area contributed by atoms with Gasteiger partial charge in [0.15, 0.2) is 12.4 Å². The summed E-state index contributed by atoms with van der Waals surface area (Å²) in [5.41, 5.74) is 3.23. The number of phenols is 1. The molecular formula is C26H21Cl2N3O4. The Hall–Kier alpha value is -3.99. The Morgan fingerprint density at radius 3 is 2.31 bits per heavy atom. The minimum atomic E-state index is -0.645. The first-order valence-corrected chi connectivity index (χ1v) is 11.1. The van der Waals surface area contributed by atoms with Gasteiger partial charge >= 0.3 is 0 Å². The summed E-state index contributed by atoms with van der Waals surface area (Å²) < 4.78 is 5.53. The summed E-state index contributed by atoms with van der Waals surface area (Å²) in [5, 5.41) is 24.3. The van der Waals surface area contributed by atoms with Gasteiger partial charge in [-0.05, 0) is 79.1 Å². The summed E-state index contributed by atoms with van der Waals surface area (Å²) in [5.74, 6) is -0.872. The SMILES string of the molecule is Cc1ccc(C)c(NC(=O)COc2c(Cl)cc(/C=C(\C#N)C(=O)Nc3ccc(O)cc3)cc2Cl)c1. The average molecular weight is 510 g/mol. The molecule has 0 fully saturated rings. The maximum Gasteiger partial charge on any atom is 0.266 e. The van der Waals surface area contributed by atoms with Gasteiger partial charge in [0, 0.05) is 11.4 Å². The monoisotopic (exact) mass is 509 g/mol. The van der Waals surface area contributed by atoms with Gasteiger partial charge in [-0.2, -0.15) is 5.26 Å². The number of nitriles is 1. The number of hydrogen-bond acceptors (Lipinski definition) is 5. The van der Waals surface area contributed by atoms with Crippen LogP contribution in [-0.4, -0.2) is 23.5 Å². The fourth-order valence-electron chi connectivity index (χ4n) is 3.05. The third-order valence-electron chi connectivity index (χ3n) is 4.84. The number of carbonyl (C=O) groups is 2. The number of ether oxygens (including phenoxy) is 1. The van der Waals surface area contributed by atoms with Crippen LogP contribution in [0, 0.1) is 25.2 Å².